The van der Waals surface area contributed by atoms with Gasteiger partial charge < -0.3 is 53.2 Å². The second kappa shape index (κ2) is 33.9. The van der Waals surface area contributed by atoms with E-state index in [1.54, 1.807) is 47.3 Å². The number of amides is 1. The molecule has 4 aliphatic rings. The van der Waals surface area contributed by atoms with Crippen LogP contribution in [0.4, 0.5) is 0 Å². The molecule has 2 bridgehead atoms. The maximum Gasteiger partial charge on any atom is 0.329 e. The van der Waals surface area contributed by atoms with Crippen molar-refractivity contribution in [2.75, 3.05) is 47.3 Å². The molecule has 0 aromatic heterocycles. The zero-order valence-electron chi connectivity index (χ0n) is 53.9. The van der Waals surface area contributed by atoms with Crippen LogP contribution in [0.1, 0.15) is 192 Å². The SMILES string of the molecule is CCC(CC)(CCO)OCCC(CC)(CC)O[C@H]1C[C@@H]2CC[C@@H](C)[C@@](O)(O2)C(=O)C(=O)N2CCCC[C@H]2C(=O)O[C@H]([C@H](C)C[C@@H]2CC[C@@H](OP(C)(C)=O)[C@H](OC)C2)CC(=O)[C@H](C)/C=C(\C)[C@@H](O)[C@@H](OC)C(=O)[C@H](C)C[C@H](C)/C=C/C=C/C=C/1C. The molecule has 0 spiro atoms. The lowest BCUT2D eigenvalue weighted by molar-refractivity contribution is -0.267. The summed E-state index contributed by atoms with van der Waals surface area (Å²) >= 11 is 0. The van der Waals surface area contributed by atoms with Gasteiger partial charge in [-0.05, 0) is 145 Å². The van der Waals surface area contributed by atoms with Crippen molar-refractivity contribution in [3.8, 4) is 0 Å². The molecule has 3 aliphatic heterocycles. The van der Waals surface area contributed by atoms with Gasteiger partial charge in [-0.25, -0.2) is 4.79 Å². The largest absolute Gasteiger partial charge is 0.460 e. The van der Waals surface area contributed by atoms with Gasteiger partial charge in [-0.3, -0.25) is 23.7 Å². The monoisotopic (exact) mass is 1200 g/mol. The quantitative estimate of drug-likeness (QED) is 0.0472. The standard InChI is InChI=1S/C66H110NO16P/c1-16-64(17-2,32-35-68)79-36-33-65(18-3,19-4)82-56-41-51-30-28-49(11)66(75,81-51)61(72)62(73)67-34-24-23-27-52(67)63(74)80-55(46(8)39-50-29-31-54(57(40-50)77-12)83-84(14,15)76)42-53(69)45(7)38-48(10)59(71)60(78-13)58(70)47(9)37-43(5)25-21-20-22-26-44(56)6/h20-22,25-26,38,43,45-47,49-52,54-57,59-60,68,71,75H,16-19,23-24,27-37,39-42H2,1-15H3/b22-20+,25-21+,44-26+,48-38+/t43-,45-,46-,47-,49-,50+,51+,52+,54-,55+,56+,57-,59-,60+,66-/m1/s1. The van der Waals surface area contributed by atoms with Crippen LogP contribution in [0, 0.1) is 35.5 Å². The van der Waals surface area contributed by atoms with Crippen LogP contribution in [-0.2, 0) is 61.5 Å². The molecule has 0 aromatic carbocycles. The Kier molecular flexibility index (Phi) is 29.6. The van der Waals surface area contributed by atoms with E-state index in [1.165, 1.54) is 12.0 Å². The second-order valence-corrected chi connectivity index (χ2v) is 28.4. The number of aliphatic hydroxyl groups is 3. The maximum absolute atomic E-state index is 14.8. The Labute approximate surface area is 504 Å². The number of Topliss-reactive ketones (excluding diaryl/α,β-unsaturated/α-hetero) is 3. The Bertz CT molecular complexity index is 2300. The number of allylic oxidation sites excluding steroid dienone is 6. The van der Waals surface area contributed by atoms with Gasteiger partial charge in [0.2, 0.25) is 5.79 Å². The number of carbonyl (C=O) groups excluding carboxylic acids is 5. The highest BCUT2D eigenvalue weighted by Gasteiger charge is 2.53. The number of ether oxygens (including phenoxy) is 6. The third-order valence-corrected chi connectivity index (χ3v) is 19.8. The molecule has 17 nitrogen and oxygen atoms in total. The number of nitrogens with zero attached hydrogens (tertiary/aromatic N) is 1. The van der Waals surface area contributed by atoms with E-state index in [0.29, 0.717) is 95.7 Å². The summed E-state index contributed by atoms with van der Waals surface area (Å²) in [6, 6.07) is -1.20. The average Bonchev–Trinajstić information content (AvgIpc) is 2.50. The van der Waals surface area contributed by atoms with Crippen LogP contribution in [-0.4, -0.2) is 163 Å². The number of esters is 1. The minimum Gasteiger partial charge on any atom is -0.460 e. The zero-order valence-corrected chi connectivity index (χ0v) is 54.8. The third-order valence-electron chi connectivity index (χ3n) is 19.1. The van der Waals surface area contributed by atoms with E-state index in [1.807, 2.05) is 58.1 Å². The number of cyclic esters (lactones) is 1. The Morgan fingerprint density at radius 2 is 1.50 bits per heavy atom. The van der Waals surface area contributed by atoms with Crippen LogP contribution in [0.5, 0.6) is 0 Å². The molecule has 1 saturated carbocycles. The molecule has 2 saturated heterocycles. The predicted octanol–water partition coefficient (Wildman–Crippen LogP) is 11.0. The smallest absolute Gasteiger partial charge is 0.329 e. The highest BCUT2D eigenvalue weighted by atomic mass is 31.2. The summed E-state index contributed by atoms with van der Waals surface area (Å²) in [4.78, 5) is 73.9. The van der Waals surface area contributed by atoms with Crippen molar-refractivity contribution in [2.45, 2.75) is 257 Å². The predicted molar refractivity (Wildman–Crippen MR) is 326 cm³/mol. The van der Waals surface area contributed by atoms with Gasteiger partial charge in [-0.15, -0.1) is 0 Å². The van der Waals surface area contributed by atoms with Gasteiger partial charge in [-0.1, -0.05) is 98.8 Å². The first-order valence-electron chi connectivity index (χ1n) is 31.7. The van der Waals surface area contributed by atoms with Gasteiger partial charge in [0.1, 0.15) is 30.1 Å². The number of fused-ring (bicyclic) bond motifs is 3. The lowest BCUT2D eigenvalue weighted by atomic mass is 9.78. The molecule has 0 radical (unpaired) electrons. The van der Waals surface area contributed by atoms with E-state index in [0.717, 1.165) is 18.4 Å². The van der Waals surface area contributed by atoms with Crippen molar-refractivity contribution < 1.29 is 76.8 Å². The molecule has 4 rings (SSSR count). The van der Waals surface area contributed by atoms with Gasteiger partial charge in [0.15, 0.2) is 13.2 Å². The van der Waals surface area contributed by atoms with E-state index < -0.39 is 96.3 Å². The average molecular weight is 1200 g/mol. The normalized spacial score (nSPS) is 34.6. The lowest BCUT2D eigenvalue weighted by Gasteiger charge is -2.44. The Balaban J connectivity index is 1.77. The highest BCUT2D eigenvalue weighted by Crippen LogP contribution is 2.45. The van der Waals surface area contributed by atoms with Crippen LogP contribution in [0.25, 0.3) is 0 Å². The molecule has 1 aliphatic carbocycles. The number of carbonyl (C=O) groups is 5. The lowest BCUT2D eigenvalue weighted by Crippen LogP contribution is -2.61. The van der Waals surface area contributed by atoms with Crippen molar-refractivity contribution in [3.63, 3.8) is 0 Å². The number of ketones is 3. The molecule has 480 valence electrons. The molecule has 0 aromatic rings. The molecule has 84 heavy (non-hydrogen) atoms. The topological polar surface area (TPSA) is 231 Å². The van der Waals surface area contributed by atoms with Crippen LogP contribution in [0.15, 0.2) is 47.6 Å². The summed E-state index contributed by atoms with van der Waals surface area (Å²) < 4.78 is 56.8. The Hall–Kier alpha value is -3.22. The van der Waals surface area contributed by atoms with E-state index in [-0.39, 0.29) is 73.9 Å². The fourth-order valence-electron chi connectivity index (χ4n) is 13.1. The summed E-state index contributed by atoms with van der Waals surface area (Å²) in [6.07, 6.45) is 14.8. The summed E-state index contributed by atoms with van der Waals surface area (Å²) in [5, 5.41) is 34.0. The first kappa shape index (κ1) is 73.3. The van der Waals surface area contributed by atoms with Crippen LogP contribution >= 0.6 is 7.37 Å². The fourth-order valence-corrected chi connectivity index (χ4v) is 14.0. The summed E-state index contributed by atoms with van der Waals surface area (Å²) in [7, 11) is 0.165. The number of methoxy groups -OCH3 is 2. The zero-order chi connectivity index (χ0) is 62.7. The summed E-state index contributed by atoms with van der Waals surface area (Å²) in [5.74, 6) is -8.46. The van der Waals surface area contributed by atoms with Crippen LogP contribution in [0.2, 0.25) is 0 Å². The maximum atomic E-state index is 14.8. The van der Waals surface area contributed by atoms with E-state index >= 15 is 0 Å². The molecule has 1 amide bonds. The third kappa shape index (κ3) is 20.4. The molecule has 15 atom stereocenters. The Morgan fingerprint density at radius 3 is 2.12 bits per heavy atom. The van der Waals surface area contributed by atoms with Gasteiger partial charge in [0, 0.05) is 71.3 Å². The highest BCUT2D eigenvalue weighted by molar-refractivity contribution is 7.57. The molecular weight excluding hydrogens is 1090 g/mol. The number of rotatable bonds is 19. The van der Waals surface area contributed by atoms with Crippen molar-refractivity contribution in [1.82, 2.24) is 4.90 Å². The van der Waals surface area contributed by atoms with Gasteiger partial charge in [0.05, 0.1) is 42.2 Å². The minimum atomic E-state index is -2.82. The van der Waals surface area contributed by atoms with Gasteiger partial charge in [0.25, 0.3) is 11.7 Å². The minimum absolute atomic E-state index is 0.0183. The number of piperidine rings is 1. The Morgan fingerprint density at radius 1 is 0.821 bits per heavy atom. The molecule has 3 heterocycles. The van der Waals surface area contributed by atoms with Gasteiger partial charge in [-0.2, -0.15) is 0 Å². The number of aliphatic hydroxyl groups excluding tert-OH is 2. The van der Waals surface area contributed by atoms with E-state index in [4.69, 9.17) is 32.9 Å². The van der Waals surface area contributed by atoms with E-state index in [9.17, 15) is 43.9 Å². The molecule has 3 fully saturated rings. The van der Waals surface area contributed by atoms with E-state index in [2.05, 4.69) is 27.7 Å². The van der Waals surface area contributed by atoms with Crippen LogP contribution < -0.4 is 0 Å². The van der Waals surface area contributed by atoms with Crippen molar-refractivity contribution >= 4 is 36.6 Å². The molecule has 3 N–H and O–H groups in total. The van der Waals surface area contributed by atoms with Crippen molar-refractivity contribution in [3.05, 3.63) is 47.6 Å². The molecule has 0 unspecified atom stereocenters. The van der Waals surface area contributed by atoms with Crippen molar-refractivity contribution in [1.29, 1.82) is 0 Å². The first-order valence-corrected chi connectivity index (χ1v) is 34.2. The fraction of sp³-hybridized carbons (Fsp3) is 0.803. The molecule has 18 heteroatoms. The summed E-state index contributed by atoms with van der Waals surface area (Å²) in [5.41, 5.74) is 0.129. The first-order chi connectivity index (χ1) is 39.6. The van der Waals surface area contributed by atoms with Gasteiger partial charge >= 0.3 is 5.97 Å². The second-order valence-electron chi connectivity index (χ2n) is 25.7. The van der Waals surface area contributed by atoms with Crippen LogP contribution in [0.3, 0.4) is 0 Å². The number of hydrogen-bond donors (Lipinski definition) is 3. The van der Waals surface area contributed by atoms with Crippen molar-refractivity contribution in [2.24, 2.45) is 35.5 Å². The molecular formula is C66H110NO16P. The number of hydrogen-bond acceptors (Lipinski definition) is 16. The summed E-state index contributed by atoms with van der Waals surface area (Å²) in [6.45, 7) is 24.7.